The lowest BCUT2D eigenvalue weighted by Crippen LogP contribution is -2.57. The SMILES string of the molecule is CNC(=O)N1CCC(Oc2ccc(Cl)c(F)c2[C@H]2NC(=O)C[C@@H](c3cccc(Cl)c3)C23C(=O)Nc2cc(Cl)ccc23)CC1. The third-order valence-electron chi connectivity index (χ3n) is 8.62. The van der Waals surface area contributed by atoms with E-state index in [0.29, 0.717) is 52.8 Å². The summed E-state index contributed by atoms with van der Waals surface area (Å²) >= 11 is 19.0. The molecule has 3 aliphatic rings. The molecule has 224 valence electrons. The number of urea groups is 1. The monoisotopic (exact) mass is 644 g/mol. The van der Waals surface area contributed by atoms with Crippen molar-refractivity contribution in [2.45, 2.75) is 42.7 Å². The number of ether oxygens (including phenoxy) is 1. The first-order valence-electron chi connectivity index (χ1n) is 13.9. The molecule has 0 saturated carbocycles. The van der Waals surface area contributed by atoms with Gasteiger partial charge in [0.1, 0.15) is 17.3 Å². The van der Waals surface area contributed by atoms with Gasteiger partial charge in [-0.2, -0.15) is 0 Å². The summed E-state index contributed by atoms with van der Waals surface area (Å²) in [6, 6.07) is 13.6. The van der Waals surface area contributed by atoms with Crippen molar-refractivity contribution < 1.29 is 23.5 Å². The number of rotatable bonds is 4. The zero-order chi connectivity index (χ0) is 30.5. The van der Waals surface area contributed by atoms with E-state index in [4.69, 9.17) is 39.5 Å². The Kier molecular flexibility index (Phi) is 7.91. The Balaban J connectivity index is 1.51. The van der Waals surface area contributed by atoms with Gasteiger partial charge in [0.15, 0.2) is 5.82 Å². The maximum absolute atomic E-state index is 16.3. The number of anilines is 1. The van der Waals surface area contributed by atoms with Crippen LogP contribution in [0.15, 0.2) is 54.6 Å². The van der Waals surface area contributed by atoms with E-state index < -0.39 is 29.1 Å². The van der Waals surface area contributed by atoms with Crippen LogP contribution in [0.3, 0.4) is 0 Å². The van der Waals surface area contributed by atoms with Crippen LogP contribution in [0.4, 0.5) is 14.9 Å². The van der Waals surface area contributed by atoms with Crippen LogP contribution in [-0.2, 0) is 15.0 Å². The molecule has 3 heterocycles. The molecule has 12 heteroatoms. The number of fused-ring (bicyclic) bond motifs is 2. The van der Waals surface area contributed by atoms with Gasteiger partial charge >= 0.3 is 6.03 Å². The summed E-state index contributed by atoms with van der Waals surface area (Å²) in [5.41, 5.74) is 0.138. The van der Waals surface area contributed by atoms with Gasteiger partial charge in [-0.25, -0.2) is 9.18 Å². The molecule has 0 aliphatic carbocycles. The van der Waals surface area contributed by atoms with E-state index in [2.05, 4.69) is 16.0 Å². The number of nitrogens with one attached hydrogen (secondary N) is 3. The molecule has 43 heavy (non-hydrogen) atoms. The Morgan fingerprint density at radius 1 is 1.05 bits per heavy atom. The highest BCUT2D eigenvalue weighted by Crippen LogP contribution is 2.59. The van der Waals surface area contributed by atoms with Crippen molar-refractivity contribution in [2.24, 2.45) is 0 Å². The van der Waals surface area contributed by atoms with Crippen LogP contribution < -0.4 is 20.7 Å². The Morgan fingerprint density at radius 3 is 2.51 bits per heavy atom. The van der Waals surface area contributed by atoms with Crippen LogP contribution in [0.25, 0.3) is 0 Å². The molecule has 1 unspecified atom stereocenters. The summed E-state index contributed by atoms with van der Waals surface area (Å²) in [6.45, 7) is 0.903. The fraction of sp³-hybridized carbons (Fsp3) is 0.323. The fourth-order valence-electron chi connectivity index (χ4n) is 6.68. The van der Waals surface area contributed by atoms with E-state index in [0.717, 1.165) is 0 Å². The maximum atomic E-state index is 16.3. The van der Waals surface area contributed by atoms with Gasteiger partial charge < -0.3 is 25.6 Å². The predicted octanol–water partition coefficient (Wildman–Crippen LogP) is 6.20. The maximum Gasteiger partial charge on any atom is 0.317 e. The highest BCUT2D eigenvalue weighted by Gasteiger charge is 2.62. The van der Waals surface area contributed by atoms with Crippen molar-refractivity contribution >= 4 is 58.3 Å². The number of benzene rings is 3. The fourth-order valence-corrected chi connectivity index (χ4v) is 7.22. The Hall–Kier alpha value is -3.53. The van der Waals surface area contributed by atoms with Gasteiger partial charge in [0.05, 0.1) is 16.6 Å². The molecular weight excluding hydrogens is 618 g/mol. The number of likely N-dealkylation sites (tertiary alicyclic amines) is 1. The molecule has 3 atom stereocenters. The van der Waals surface area contributed by atoms with E-state index in [1.54, 1.807) is 60.5 Å². The van der Waals surface area contributed by atoms with Crippen molar-refractivity contribution in [3.8, 4) is 5.75 Å². The molecule has 4 amide bonds. The smallest absolute Gasteiger partial charge is 0.317 e. The molecule has 0 aromatic heterocycles. The molecule has 2 saturated heterocycles. The summed E-state index contributed by atoms with van der Waals surface area (Å²) in [4.78, 5) is 41.5. The average molecular weight is 646 g/mol. The molecule has 6 rings (SSSR count). The summed E-state index contributed by atoms with van der Waals surface area (Å²) in [5, 5.41) is 9.16. The van der Waals surface area contributed by atoms with Crippen LogP contribution in [0.5, 0.6) is 5.75 Å². The van der Waals surface area contributed by atoms with Gasteiger partial charge in [0.25, 0.3) is 0 Å². The number of hydrogen-bond donors (Lipinski definition) is 3. The number of amides is 4. The Bertz CT molecular complexity index is 1630. The largest absolute Gasteiger partial charge is 0.490 e. The third-order valence-corrected chi connectivity index (χ3v) is 9.38. The van der Waals surface area contributed by atoms with Crippen LogP contribution in [0.2, 0.25) is 15.1 Å². The number of carbonyl (C=O) groups is 3. The highest BCUT2D eigenvalue weighted by atomic mass is 35.5. The first-order chi connectivity index (χ1) is 20.6. The van der Waals surface area contributed by atoms with Crippen molar-refractivity contribution in [1.82, 2.24) is 15.5 Å². The number of hydrogen-bond acceptors (Lipinski definition) is 4. The minimum Gasteiger partial charge on any atom is -0.490 e. The minimum atomic E-state index is -1.51. The lowest BCUT2D eigenvalue weighted by molar-refractivity contribution is -0.131. The highest BCUT2D eigenvalue weighted by molar-refractivity contribution is 6.31. The van der Waals surface area contributed by atoms with Gasteiger partial charge in [-0.05, 0) is 47.5 Å². The lowest BCUT2D eigenvalue weighted by Gasteiger charge is -2.47. The molecule has 2 fully saturated rings. The number of halogens is 4. The summed E-state index contributed by atoms with van der Waals surface area (Å²) in [6.07, 6.45) is 0.615. The molecule has 0 bridgehead atoms. The Labute approximate surface area is 262 Å². The number of nitrogens with zero attached hydrogens (tertiary/aromatic N) is 1. The van der Waals surface area contributed by atoms with Crippen molar-refractivity contribution in [3.63, 3.8) is 0 Å². The molecule has 3 N–H and O–H groups in total. The van der Waals surface area contributed by atoms with Gasteiger partial charge in [-0.1, -0.05) is 53.0 Å². The molecule has 1 spiro atoms. The second-order valence-corrected chi connectivity index (χ2v) is 12.2. The Morgan fingerprint density at radius 2 is 1.79 bits per heavy atom. The van der Waals surface area contributed by atoms with E-state index in [1.165, 1.54) is 6.07 Å². The van der Waals surface area contributed by atoms with Crippen LogP contribution in [-0.4, -0.2) is 49.0 Å². The molecule has 0 radical (unpaired) electrons. The third kappa shape index (κ3) is 5.07. The van der Waals surface area contributed by atoms with Crippen molar-refractivity contribution in [1.29, 1.82) is 0 Å². The normalized spacial score (nSPS) is 23.5. The zero-order valence-corrected chi connectivity index (χ0v) is 25.3. The van der Waals surface area contributed by atoms with Crippen molar-refractivity contribution in [2.75, 3.05) is 25.5 Å². The number of piperidine rings is 2. The standard InChI is InChI=1S/C31H28Cl3FN4O4/c1-36-30(42)39-11-9-19(10-12-39)43-24-8-7-22(34)27(35)26(24)28-31(20-6-5-18(33)14-23(20)37-29(31)41)21(15-25(40)38-28)16-3-2-4-17(32)13-16/h2-8,13-14,19,21,28H,9-12,15H2,1H3,(H,36,42)(H,37,41)(H,38,40)/t21-,28+,31?/m0/s1. The van der Waals surface area contributed by atoms with Gasteiger partial charge in [0.2, 0.25) is 11.8 Å². The van der Waals surface area contributed by atoms with E-state index >= 15 is 4.39 Å². The van der Waals surface area contributed by atoms with Gasteiger partial charge in [-0.3, -0.25) is 9.59 Å². The first kappa shape index (κ1) is 29.5. The topological polar surface area (TPSA) is 99.8 Å². The lowest BCUT2D eigenvalue weighted by atomic mass is 9.59. The van der Waals surface area contributed by atoms with Crippen molar-refractivity contribution in [3.05, 3.63) is 92.2 Å². The average Bonchev–Trinajstić information content (AvgIpc) is 3.27. The van der Waals surface area contributed by atoms with Gasteiger partial charge in [-0.15, -0.1) is 0 Å². The second-order valence-electron chi connectivity index (χ2n) is 11.0. The predicted molar refractivity (Wildman–Crippen MR) is 163 cm³/mol. The number of carbonyl (C=O) groups excluding carboxylic acids is 3. The first-order valence-corrected chi connectivity index (χ1v) is 15.0. The van der Waals surface area contributed by atoms with Crippen LogP contribution in [0, 0.1) is 5.82 Å². The summed E-state index contributed by atoms with van der Waals surface area (Å²) in [5.74, 6) is -2.17. The second kappa shape index (κ2) is 11.5. The molecule has 8 nitrogen and oxygen atoms in total. The molecule has 3 aliphatic heterocycles. The van der Waals surface area contributed by atoms with E-state index in [-0.39, 0.29) is 40.8 Å². The molecular formula is C31H28Cl3FN4O4. The minimum absolute atomic E-state index is 0.0285. The van der Waals surface area contributed by atoms with E-state index in [1.807, 2.05) is 0 Å². The van der Waals surface area contributed by atoms with Crippen LogP contribution in [0.1, 0.15) is 47.9 Å². The molecule has 3 aromatic rings. The summed E-state index contributed by atoms with van der Waals surface area (Å²) < 4.78 is 22.7. The van der Waals surface area contributed by atoms with Gasteiger partial charge in [0, 0.05) is 61.1 Å². The van der Waals surface area contributed by atoms with Crippen LogP contribution >= 0.6 is 34.8 Å². The van der Waals surface area contributed by atoms with E-state index in [9.17, 15) is 14.4 Å². The zero-order valence-electron chi connectivity index (χ0n) is 23.1. The quantitative estimate of drug-likeness (QED) is 0.315. The molecule has 3 aromatic carbocycles. The summed E-state index contributed by atoms with van der Waals surface area (Å²) in [7, 11) is 1.57.